The summed E-state index contributed by atoms with van der Waals surface area (Å²) in [7, 11) is 1.49. The number of hydrogen-bond acceptors (Lipinski definition) is 5. The summed E-state index contributed by atoms with van der Waals surface area (Å²) in [4.78, 5) is 22.3. The molecule has 0 fully saturated rings. The van der Waals surface area contributed by atoms with Crippen molar-refractivity contribution in [1.29, 1.82) is 0 Å². The Morgan fingerprint density at radius 1 is 1.25 bits per heavy atom. The summed E-state index contributed by atoms with van der Waals surface area (Å²) in [6, 6.07) is 6.49. The highest BCUT2D eigenvalue weighted by molar-refractivity contribution is 5.91. The van der Waals surface area contributed by atoms with E-state index < -0.39 is 12.1 Å². The Morgan fingerprint density at radius 3 is 2.46 bits per heavy atom. The zero-order valence-corrected chi connectivity index (χ0v) is 13.3. The summed E-state index contributed by atoms with van der Waals surface area (Å²) in [5, 5.41) is 17.9. The first-order valence-corrected chi connectivity index (χ1v) is 7.16. The maximum Gasteiger partial charge on any atom is 0.332 e. The first kappa shape index (κ1) is 19.2. The lowest BCUT2D eigenvalue weighted by Gasteiger charge is -2.07. The van der Waals surface area contributed by atoms with Crippen molar-refractivity contribution in [2.45, 2.75) is 12.5 Å². The molecule has 0 bridgehead atoms. The quantitative estimate of drug-likeness (QED) is 0.386. The van der Waals surface area contributed by atoms with Gasteiger partial charge in [-0.3, -0.25) is 4.79 Å². The molecule has 1 atom stereocenters. The van der Waals surface area contributed by atoms with Crippen LogP contribution in [0.4, 0.5) is 0 Å². The van der Waals surface area contributed by atoms with E-state index >= 15 is 0 Å². The maximum atomic E-state index is 11.7. The van der Waals surface area contributed by atoms with Gasteiger partial charge in [0.1, 0.15) is 11.5 Å². The van der Waals surface area contributed by atoms with Crippen LogP contribution < -0.4 is 4.74 Å². The summed E-state index contributed by atoms with van der Waals surface area (Å²) >= 11 is 0. The van der Waals surface area contributed by atoms with Crippen LogP contribution in [-0.4, -0.2) is 41.8 Å². The molecule has 0 aromatic heterocycles. The van der Waals surface area contributed by atoms with E-state index in [1.165, 1.54) is 19.3 Å². The van der Waals surface area contributed by atoms with Crippen molar-refractivity contribution >= 4 is 11.8 Å². The molecule has 1 aromatic carbocycles. The van der Waals surface area contributed by atoms with Gasteiger partial charge in [-0.15, -0.1) is 0 Å². The topological polar surface area (TPSA) is 93.1 Å². The molecule has 0 amide bonds. The van der Waals surface area contributed by atoms with Crippen LogP contribution in [0.25, 0.3) is 0 Å². The summed E-state index contributed by atoms with van der Waals surface area (Å²) in [6.45, 7) is 3.40. The zero-order chi connectivity index (χ0) is 17.9. The molecule has 1 unspecified atom stereocenters. The summed E-state index contributed by atoms with van der Waals surface area (Å²) in [6.07, 6.45) is 4.59. The minimum Gasteiger partial charge on any atom is -0.497 e. The molecular formula is C18H20O6. The molecular weight excluding hydrogens is 312 g/mol. The Balaban J connectivity index is 2.51. The number of rotatable bonds is 10. The lowest BCUT2D eigenvalue weighted by atomic mass is 10.1. The maximum absolute atomic E-state index is 11.7. The third kappa shape index (κ3) is 6.93. The molecule has 1 rings (SSSR count). The van der Waals surface area contributed by atoms with Gasteiger partial charge in [0, 0.05) is 6.42 Å². The summed E-state index contributed by atoms with van der Waals surface area (Å²) < 4.78 is 10.4. The number of aliphatic hydroxyl groups is 1. The minimum absolute atomic E-state index is 0.00666. The number of allylic oxidation sites excluding steroid dienone is 3. The Bertz CT molecular complexity index is 627. The van der Waals surface area contributed by atoms with Gasteiger partial charge in [0.15, 0.2) is 18.5 Å². The highest BCUT2D eigenvalue weighted by Crippen LogP contribution is 2.13. The monoisotopic (exact) mass is 332 g/mol. The first-order chi connectivity index (χ1) is 11.5. The third-order valence-electron chi connectivity index (χ3n) is 2.97. The van der Waals surface area contributed by atoms with E-state index in [1.807, 2.05) is 0 Å². The van der Waals surface area contributed by atoms with Crippen molar-refractivity contribution in [3.63, 3.8) is 0 Å². The lowest BCUT2D eigenvalue weighted by molar-refractivity contribution is -0.146. The standard InChI is InChI=1S/C18H20O6/c1-3-4-15(23-2)10-7-14(19)12-24-16-8-5-13(6-9-16)11-17(20)18(21)22/h3-10,17,20H,1,11-12H2,2H3,(H,21,22). The van der Waals surface area contributed by atoms with Gasteiger partial charge in [-0.2, -0.15) is 0 Å². The number of carboxylic acid groups (broad SMARTS) is 1. The Morgan fingerprint density at radius 2 is 1.92 bits per heavy atom. The molecule has 0 saturated carbocycles. The number of aliphatic hydroxyl groups excluding tert-OH is 1. The van der Waals surface area contributed by atoms with Gasteiger partial charge in [-0.25, -0.2) is 4.79 Å². The van der Waals surface area contributed by atoms with Gasteiger partial charge >= 0.3 is 5.97 Å². The van der Waals surface area contributed by atoms with E-state index in [0.29, 0.717) is 17.1 Å². The molecule has 1 aromatic rings. The number of carbonyl (C=O) groups excluding carboxylic acids is 1. The van der Waals surface area contributed by atoms with Crippen LogP contribution in [-0.2, 0) is 20.7 Å². The van der Waals surface area contributed by atoms with Crippen molar-refractivity contribution in [2.75, 3.05) is 13.7 Å². The predicted molar refractivity (Wildman–Crippen MR) is 88.7 cm³/mol. The van der Waals surface area contributed by atoms with Crippen LogP contribution in [0.5, 0.6) is 5.75 Å². The molecule has 0 aliphatic rings. The molecule has 0 spiro atoms. The summed E-state index contributed by atoms with van der Waals surface area (Å²) in [5.74, 6) is -0.542. The number of aliphatic carboxylic acids is 1. The number of carbonyl (C=O) groups is 2. The van der Waals surface area contributed by atoms with Crippen LogP contribution in [0.15, 0.2) is 60.9 Å². The fraction of sp³-hybridized carbons (Fsp3) is 0.222. The number of carboxylic acids is 1. The normalized spacial score (nSPS) is 12.7. The average molecular weight is 332 g/mol. The van der Waals surface area contributed by atoms with Gasteiger partial charge in [0.25, 0.3) is 0 Å². The van der Waals surface area contributed by atoms with E-state index in [9.17, 15) is 14.7 Å². The predicted octanol–water partition coefficient (Wildman–Crippen LogP) is 1.90. The van der Waals surface area contributed by atoms with Gasteiger partial charge in [-0.1, -0.05) is 24.8 Å². The molecule has 0 saturated heterocycles. The van der Waals surface area contributed by atoms with E-state index in [4.69, 9.17) is 14.6 Å². The van der Waals surface area contributed by atoms with E-state index in [0.717, 1.165) is 0 Å². The average Bonchev–Trinajstić information content (AvgIpc) is 2.57. The Labute approximate surface area is 140 Å². The lowest BCUT2D eigenvalue weighted by Crippen LogP contribution is -2.21. The minimum atomic E-state index is -1.44. The SMILES string of the molecule is C=CC=C(C=CC(=O)COc1ccc(CC(O)C(=O)O)cc1)OC. The third-order valence-corrected chi connectivity index (χ3v) is 2.97. The first-order valence-electron chi connectivity index (χ1n) is 7.16. The number of benzene rings is 1. The molecule has 128 valence electrons. The van der Waals surface area contributed by atoms with Crippen molar-refractivity contribution in [1.82, 2.24) is 0 Å². The smallest absolute Gasteiger partial charge is 0.332 e. The van der Waals surface area contributed by atoms with Gasteiger partial charge < -0.3 is 19.7 Å². The van der Waals surface area contributed by atoms with Gasteiger partial charge in [-0.05, 0) is 35.9 Å². The van der Waals surface area contributed by atoms with Gasteiger partial charge in [0.2, 0.25) is 0 Å². The summed E-state index contributed by atoms with van der Waals surface area (Å²) in [5.41, 5.74) is 0.655. The number of ketones is 1. The second kappa shape index (κ2) is 10.0. The van der Waals surface area contributed by atoms with Crippen LogP contribution in [0.2, 0.25) is 0 Å². The number of hydrogen-bond donors (Lipinski definition) is 2. The molecule has 2 N–H and O–H groups in total. The van der Waals surface area contributed by atoms with Crippen LogP contribution >= 0.6 is 0 Å². The zero-order valence-electron chi connectivity index (χ0n) is 13.3. The van der Waals surface area contributed by atoms with Crippen molar-refractivity contribution < 1.29 is 29.3 Å². The fourth-order valence-corrected chi connectivity index (χ4v) is 1.72. The molecule has 6 heteroatoms. The molecule has 0 aliphatic heterocycles. The number of methoxy groups -OCH3 is 1. The van der Waals surface area contributed by atoms with Crippen molar-refractivity contribution in [3.05, 3.63) is 66.5 Å². The second-order valence-electron chi connectivity index (χ2n) is 4.80. The van der Waals surface area contributed by atoms with Crippen LogP contribution in [0.1, 0.15) is 5.56 Å². The van der Waals surface area contributed by atoms with Gasteiger partial charge in [0.05, 0.1) is 7.11 Å². The van der Waals surface area contributed by atoms with E-state index in [1.54, 1.807) is 36.4 Å². The fourth-order valence-electron chi connectivity index (χ4n) is 1.72. The molecule has 0 radical (unpaired) electrons. The van der Waals surface area contributed by atoms with E-state index in [-0.39, 0.29) is 18.8 Å². The van der Waals surface area contributed by atoms with Crippen LogP contribution in [0, 0.1) is 0 Å². The molecule has 6 nitrogen and oxygen atoms in total. The van der Waals surface area contributed by atoms with Crippen molar-refractivity contribution in [2.24, 2.45) is 0 Å². The van der Waals surface area contributed by atoms with Crippen LogP contribution in [0.3, 0.4) is 0 Å². The highest BCUT2D eigenvalue weighted by atomic mass is 16.5. The molecule has 0 heterocycles. The number of ether oxygens (including phenoxy) is 2. The largest absolute Gasteiger partial charge is 0.497 e. The Kier molecular flexibility index (Phi) is 8.01. The molecule has 0 aliphatic carbocycles. The van der Waals surface area contributed by atoms with E-state index in [2.05, 4.69) is 6.58 Å². The Hall–Kier alpha value is -2.86. The second-order valence-corrected chi connectivity index (χ2v) is 4.80. The molecule has 24 heavy (non-hydrogen) atoms. The highest BCUT2D eigenvalue weighted by Gasteiger charge is 2.13. The van der Waals surface area contributed by atoms with Crippen molar-refractivity contribution in [3.8, 4) is 5.75 Å².